The van der Waals surface area contributed by atoms with Gasteiger partial charge >= 0.3 is 0 Å². The van der Waals surface area contributed by atoms with E-state index in [1.165, 1.54) is 17.7 Å². The van der Waals surface area contributed by atoms with Crippen LogP contribution in [0.1, 0.15) is 28.8 Å². The molecule has 2 aromatic carbocycles. The van der Waals surface area contributed by atoms with E-state index in [0.29, 0.717) is 24.7 Å². The Labute approximate surface area is 142 Å². The van der Waals surface area contributed by atoms with Gasteiger partial charge in [0, 0.05) is 24.7 Å². The number of hydrogen-bond donors (Lipinski definition) is 1. The molecular weight excluding hydrogens is 303 g/mol. The predicted molar refractivity (Wildman–Crippen MR) is 93.5 cm³/mol. The van der Waals surface area contributed by atoms with Gasteiger partial charge in [0.05, 0.1) is 0 Å². The van der Waals surface area contributed by atoms with Gasteiger partial charge in [-0.15, -0.1) is 0 Å². The average molecular weight is 326 g/mol. The van der Waals surface area contributed by atoms with Crippen LogP contribution in [-0.4, -0.2) is 36.5 Å². The van der Waals surface area contributed by atoms with E-state index in [4.69, 9.17) is 0 Å². The monoisotopic (exact) mass is 326 g/mol. The van der Waals surface area contributed by atoms with E-state index in [1.807, 2.05) is 23.1 Å². The Bertz CT molecular complexity index is 651. The number of rotatable bonds is 6. The molecule has 0 aromatic heterocycles. The Kier molecular flexibility index (Phi) is 5.59. The van der Waals surface area contributed by atoms with E-state index in [0.717, 1.165) is 25.8 Å². The van der Waals surface area contributed by atoms with Crippen molar-refractivity contribution in [3.05, 3.63) is 71.5 Å². The van der Waals surface area contributed by atoms with Gasteiger partial charge in [0.2, 0.25) is 0 Å². The Morgan fingerprint density at radius 3 is 2.54 bits per heavy atom. The second-order valence-corrected chi connectivity index (χ2v) is 6.29. The normalized spacial score (nSPS) is 17.0. The molecule has 1 saturated heterocycles. The van der Waals surface area contributed by atoms with Crippen LogP contribution < -0.4 is 5.32 Å². The lowest BCUT2D eigenvalue weighted by Gasteiger charge is -2.26. The summed E-state index contributed by atoms with van der Waals surface area (Å²) >= 11 is 0. The summed E-state index contributed by atoms with van der Waals surface area (Å²) < 4.78 is 13.1. The smallest absolute Gasteiger partial charge is 0.253 e. The number of hydrogen-bond acceptors (Lipinski definition) is 2. The molecule has 1 N–H and O–H groups in total. The van der Waals surface area contributed by atoms with Gasteiger partial charge in [0.15, 0.2) is 0 Å². The standard InChI is InChI=1S/C20H23FN2O/c21-18-10-8-17(9-11-18)20(24)23(15-19-7-4-13-22-19)14-12-16-5-2-1-3-6-16/h1-3,5-6,8-11,19,22H,4,7,12-15H2/t19-/m0/s1. The zero-order chi connectivity index (χ0) is 16.8. The minimum absolute atomic E-state index is 0.0281. The Morgan fingerprint density at radius 1 is 1.12 bits per heavy atom. The van der Waals surface area contributed by atoms with Crippen molar-refractivity contribution in [2.24, 2.45) is 0 Å². The van der Waals surface area contributed by atoms with Crippen molar-refractivity contribution >= 4 is 5.91 Å². The fourth-order valence-corrected chi connectivity index (χ4v) is 3.14. The lowest BCUT2D eigenvalue weighted by Crippen LogP contribution is -2.42. The minimum Gasteiger partial charge on any atom is -0.337 e. The summed E-state index contributed by atoms with van der Waals surface area (Å²) in [6.07, 6.45) is 3.07. The molecule has 0 aliphatic carbocycles. The fourth-order valence-electron chi connectivity index (χ4n) is 3.14. The Balaban J connectivity index is 1.70. The quantitative estimate of drug-likeness (QED) is 0.884. The number of benzene rings is 2. The first-order valence-electron chi connectivity index (χ1n) is 8.54. The lowest BCUT2D eigenvalue weighted by atomic mass is 10.1. The molecule has 0 radical (unpaired) electrons. The van der Waals surface area contributed by atoms with Crippen molar-refractivity contribution in [1.29, 1.82) is 0 Å². The third kappa shape index (κ3) is 4.42. The Morgan fingerprint density at radius 2 is 1.88 bits per heavy atom. The molecule has 0 saturated carbocycles. The molecule has 0 spiro atoms. The van der Waals surface area contributed by atoms with Crippen LogP contribution in [-0.2, 0) is 6.42 Å². The SMILES string of the molecule is O=C(c1ccc(F)cc1)N(CCc1ccccc1)C[C@@H]1CCCN1. The second-order valence-electron chi connectivity index (χ2n) is 6.29. The van der Waals surface area contributed by atoms with Crippen LogP contribution in [0, 0.1) is 5.82 Å². The van der Waals surface area contributed by atoms with Crippen LogP contribution in [0.3, 0.4) is 0 Å². The molecule has 1 atom stereocenters. The van der Waals surface area contributed by atoms with Gasteiger partial charge in [-0.1, -0.05) is 30.3 Å². The van der Waals surface area contributed by atoms with Gasteiger partial charge in [-0.3, -0.25) is 4.79 Å². The number of nitrogens with one attached hydrogen (secondary N) is 1. The number of amides is 1. The van der Waals surface area contributed by atoms with Crippen LogP contribution in [0.5, 0.6) is 0 Å². The predicted octanol–water partition coefficient (Wildman–Crippen LogP) is 3.26. The maximum absolute atomic E-state index is 13.1. The first kappa shape index (κ1) is 16.7. The van der Waals surface area contributed by atoms with E-state index in [9.17, 15) is 9.18 Å². The van der Waals surface area contributed by atoms with Crippen molar-refractivity contribution in [2.75, 3.05) is 19.6 Å². The van der Waals surface area contributed by atoms with Crippen molar-refractivity contribution in [3.8, 4) is 0 Å². The zero-order valence-electron chi connectivity index (χ0n) is 13.7. The topological polar surface area (TPSA) is 32.3 Å². The summed E-state index contributed by atoms with van der Waals surface area (Å²) in [6, 6.07) is 16.3. The van der Waals surface area contributed by atoms with Crippen molar-refractivity contribution in [1.82, 2.24) is 10.2 Å². The molecule has 0 bridgehead atoms. The molecule has 3 rings (SSSR count). The highest BCUT2D eigenvalue weighted by Gasteiger charge is 2.22. The summed E-state index contributed by atoms with van der Waals surface area (Å²) in [5.41, 5.74) is 1.76. The van der Waals surface area contributed by atoms with E-state index >= 15 is 0 Å². The van der Waals surface area contributed by atoms with Crippen LogP contribution in [0.15, 0.2) is 54.6 Å². The number of carbonyl (C=O) groups is 1. The Hall–Kier alpha value is -2.20. The average Bonchev–Trinajstić information content (AvgIpc) is 3.13. The van der Waals surface area contributed by atoms with E-state index in [-0.39, 0.29) is 11.7 Å². The summed E-state index contributed by atoms with van der Waals surface area (Å²) in [6.45, 7) is 2.38. The highest BCUT2D eigenvalue weighted by atomic mass is 19.1. The molecule has 2 aromatic rings. The van der Waals surface area contributed by atoms with Gasteiger partial charge in [-0.2, -0.15) is 0 Å². The van der Waals surface area contributed by atoms with Crippen LogP contribution in [0.2, 0.25) is 0 Å². The zero-order valence-corrected chi connectivity index (χ0v) is 13.7. The number of halogens is 1. The first-order chi connectivity index (χ1) is 11.7. The van der Waals surface area contributed by atoms with Gasteiger partial charge in [0.25, 0.3) is 5.91 Å². The van der Waals surface area contributed by atoms with Gasteiger partial charge in [-0.25, -0.2) is 4.39 Å². The largest absolute Gasteiger partial charge is 0.337 e. The maximum Gasteiger partial charge on any atom is 0.253 e. The molecule has 24 heavy (non-hydrogen) atoms. The highest BCUT2D eigenvalue weighted by Crippen LogP contribution is 2.13. The third-order valence-corrected chi connectivity index (χ3v) is 4.49. The molecule has 1 aliphatic rings. The van der Waals surface area contributed by atoms with Crippen molar-refractivity contribution in [3.63, 3.8) is 0 Å². The molecule has 1 aliphatic heterocycles. The molecule has 4 heteroatoms. The molecule has 0 unspecified atom stereocenters. The summed E-state index contributed by atoms with van der Waals surface area (Å²) in [5, 5.41) is 3.45. The molecule has 1 fully saturated rings. The van der Waals surface area contributed by atoms with E-state index in [1.54, 1.807) is 12.1 Å². The van der Waals surface area contributed by atoms with Crippen LogP contribution >= 0.6 is 0 Å². The van der Waals surface area contributed by atoms with Crippen LogP contribution in [0.25, 0.3) is 0 Å². The summed E-state index contributed by atoms with van der Waals surface area (Å²) in [5.74, 6) is -0.348. The van der Waals surface area contributed by atoms with Gasteiger partial charge in [0.1, 0.15) is 5.82 Å². The fraction of sp³-hybridized carbons (Fsp3) is 0.350. The van der Waals surface area contributed by atoms with Gasteiger partial charge < -0.3 is 10.2 Å². The number of nitrogens with zero attached hydrogens (tertiary/aromatic N) is 1. The number of carbonyl (C=O) groups excluding carboxylic acids is 1. The first-order valence-corrected chi connectivity index (χ1v) is 8.54. The van der Waals surface area contributed by atoms with Gasteiger partial charge in [-0.05, 0) is 55.6 Å². The minimum atomic E-state index is -0.320. The van der Waals surface area contributed by atoms with Crippen molar-refractivity contribution < 1.29 is 9.18 Å². The summed E-state index contributed by atoms with van der Waals surface area (Å²) in [4.78, 5) is 14.7. The molecule has 1 amide bonds. The molecular formula is C20H23FN2O. The molecule has 1 heterocycles. The van der Waals surface area contributed by atoms with Crippen LogP contribution in [0.4, 0.5) is 4.39 Å². The molecule has 126 valence electrons. The van der Waals surface area contributed by atoms with E-state index in [2.05, 4.69) is 17.4 Å². The highest BCUT2D eigenvalue weighted by molar-refractivity contribution is 5.94. The van der Waals surface area contributed by atoms with E-state index < -0.39 is 0 Å². The summed E-state index contributed by atoms with van der Waals surface area (Å²) in [7, 11) is 0. The second kappa shape index (κ2) is 8.06. The maximum atomic E-state index is 13.1. The molecule has 3 nitrogen and oxygen atoms in total. The van der Waals surface area contributed by atoms with Crippen molar-refractivity contribution in [2.45, 2.75) is 25.3 Å². The third-order valence-electron chi connectivity index (χ3n) is 4.49. The lowest BCUT2D eigenvalue weighted by molar-refractivity contribution is 0.0743.